The summed E-state index contributed by atoms with van der Waals surface area (Å²) in [7, 11) is 3.70. The van der Waals surface area contributed by atoms with E-state index in [0.29, 0.717) is 6.42 Å². The van der Waals surface area contributed by atoms with Crippen molar-refractivity contribution in [1.29, 1.82) is 0 Å². The molecule has 1 aliphatic carbocycles. The van der Waals surface area contributed by atoms with Crippen LogP contribution >= 0.6 is 0 Å². The van der Waals surface area contributed by atoms with E-state index in [9.17, 15) is 5.11 Å². The summed E-state index contributed by atoms with van der Waals surface area (Å²) in [6.07, 6.45) is 4.36. The van der Waals surface area contributed by atoms with E-state index in [0.717, 1.165) is 42.5 Å². The van der Waals surface area contributed by atoms with Crippen LogP contribution in [0.15, 0.2) is 24.3 Å². The van der Waals surface area contributed by atoms with E-state index in [1.54, 1.807) is 7.11 Å². The number of hydrogen-bond acceptors (Lipinski definition) is 3. The maximum Gasteiger partial charge on any atom is 0.112 e. The normalized spacial score (nSPS) is 27.1. The van der Waals surface area contributed by atoms with E-state index in [1.807, 2.05) is 25.2 Å². The Morgan fingerprint density at radius 3 is 2.95 bits per heavy atom. The lowest BCUT2D eigenvalue weighted by Gasteiger charge is -2.38. The lowest BCUT2D eigenvalue weighted by molar-refractivity contribution is -0.117. The fraction of sp³-hybridized carbons (Fsp3) is 0.562. The van der Waals surface area contributed by atoms with Gasteiger partial charge in [-0.2, -0.15) is 0 Å². The second-order valence-corrected chi connectivity index (χ2v) is 5.83. The molecule has 4 heteroatoms. The molecule has 0 radical (unpaired) electrons. The number of para-hydroxylation sites is 2. The van der Waals surface area contributed by atoms with Crippen LogP contribution in [0.5, 0.6) is 0 Å². The largest absolute Gasteiger partial charge is 0.387 e. The minimum absolute atomic E-state index is 0.0870. The summed E-state index contributed by atoms with van der Waals surface area (Å²) in [5.41, 5.74) is 1.30. The van der Waals surface area contributed by atoms with E-state index in [4.69, 9.17) is 4.74 Å². The van der Waals surface area contributed by atoms with Gasteiger partial charge in [-0.05, 0) is 25.0 Å². The Morgan fingerprint density at radius 2 is 2.20 bits per heavy atom. The molecule has 3 rings (SSSR count). The Hall–Kier alpha value is -1.39. The highest BCUT2D eigenvalue weighted by Gasteiger charge is 2.40. The number of hydrogen-bond donors (Lipinski definition) is 1. The zero-order valence-electron chi connectivity index (χ0n) is 12.2. The molecule has 0 aliphatic heterocycles. The zero-order chi connectivity index (χ0) is 14.2. The summed E-state index contributed by atoms with van der Waals surface area (Å²) in [6.45, 7) is 0. The monoisotopic (exact) mass is 274 g/mol. The topological polar surface area (TPSA) is 47.3 Å². The maximum absolute atomic E-state index is 11.0. The minimum atomic E-state index is -0.790. The van der Waals surface area contributed by atoms with Gasteiger partial charge in [-0.25, -0.2) is 4.98 Å². The van der Waals surface area contributed by atoms with Gasteiger partial charge in [-0.3, -0.25) is 0 Å². The smallest absolute Gasteiger partial charge is 0.112 e. The van der Waals surface area contributed by atoms with Gasteiger partial charge < -0.3 is 14.4 Å². The predicted molar refractivity (Wildman–Crippen MR) is 78.6 cm³/mol. The fourth-order valence-electron chi connectivity index (χ4n) is 3.36. The van der Waals surface area contributed by atoms with Crippen LogP contribution in [0, 0.1) is 0 Å². The molecule has 1 aliphatic rings. The number of ether oxygens (including phenoxy) is 1. The summed E-state index contributed by atoms with van der Waals surface area (Å²) in [4.78, 5) is 4.67. The predicted octanol–water partition coefficient (Wildman–Crippen LogP) is 2.44. The second kappa shape index (κ2) is 5.19. The van der Waals surface area contributed by atoms with Crippen LogP contribution < -0.4 is 0 Å². The molecule has 0 amide bonds. The second-order valence-electron chi connectivity index (χ2n) is 5.83. The van der Waals surface area contributed by atoms with Crippen LogP contribution in [0.2, 0.25) is 0 Å². The third kappa shape index (κ3) is 2.23. The van der Waals surface area contributed by atoms with Crippen molar-refractivity contribution >= 4 is 11.0 Å². The Balaban J connectivity index is 1.93. The van der Waals surface area contributed by atoms with Crippen LogP contribution in [0.3, 0.4) is 0 Å². The number of nitrogens with zero attached hydrogens (tertiary/aromatic N) is 2. The average Bonchev–Trinajstić information content (AvgIpc) is 2.76. The number of aliphatic hydroxyl groups is 1. The summed E-state index contributed by atoms with van der Waals surface area (Å²) in [5.74, 6) is 0.928. The first kappa shape index (κ1) is 13.6. The van der Waals surface area contributed by atoms with Crippen molar-refractivity contribution in [2.75, 3.05) is 7.11 Å². The lowest BCUT2D eigenvalue weighted by atomic mass is 9.79. The quantitative estimate of drug-likeness (QED) is 0.935. The number of aryl methyl sites for hydroxylation is 1. The van der Waals surface area contributed by atoms with E-state index >= 15 is 0 Å². The van der Waals surface area contributed by atoms with Crippen molar-refractivity contribution in [3.8, 4) is 0 Å². The Bertz CT molecular complexity index is 608. The molecule has 2 unspecified atom stereocenters. The van der Waals surface area contributed by atoms with Crippen LogP contribution in [0.4, 0.5) is 0 Å². The van der Waals surface area contributed by atoms with Crippen molar-refractivity contribution in [2.24, 2.45) is 7.05 Å². The third-order valence-corrected chi connectivity index (χ3v) is 4.55. The van der Waals surface area contributed by atoms with Gasteiger partial charge in [-0.1, -0.05) is 25.0 Å². The molecule has 0 spiro atoms. The molecule has 2 atom stereocenters. The molecule has 1 heterocycles. The van der Waals surface area contributed by atoms with Crippen LogP contribution in [0.1, 0.15) is 31.5 Å². The van der Waals surface area contributed by atoms with Gasteiger partial charge in [0.2, 0.25) is 0 Å². The SMILES string of the molecule is COC1CCCCC1(O)Cc1nc2ccccc2n1C. The van der Waals surface area contributed by atoms with Gasteiger partial charge in [0.25, 0.3) is 0 Å². The molecular weight excluding hydrogens is 252 g/mol. The fourth-order valence-corrected chi connectivity index (χ4v) is 3.36. The molecule has 1 aromatic carbocycles. The van der Waals surface area contributed by atoms with Crippen molar-refractivity contribution in [3.63, 3.8) is 0 Å². The number of benzene rings is 1. The first-order chi connectivity index (χ1) is 9.64. The van der Waals surface area contributed by atoms with Crippen molar-refractivity contribution in [2.45, 2.75) is 43.8 Å². The molecule has 20 heavy (non-hydrogen) atoms. The number of methoxy groups -OCH3 is 1. The summed E-state index contributed by atoms with van der Waals surface area (Å²) < 4.78 is 7.58. The summed E-state index contributed by atoms with van der Waals surface area (Å²) in [5, 5.41) is 11.0. The molecular formula is C16H22N2O2. The van der Waals surface area contributed by atoms with E-state index in [-0.39, 0.29) is 6.10 Å². The van der Waals surface area contributed by atoms with Crippen LogP contribution in [-0.2, 0) is 18.2 Å². The van der Waals surface area contributed by atoms with Gasteiger partial charge in [0.05, 0.1) is 22.7 Å². The highest BCUT2D eigenvalue weighted by atomic mass is 16.5. The molecule has 2 aromatic rings. The van der Waals surface area contributed by atoms with Crippen LogP contribution in [0.25, 0.3) is 11.0 Å². The molecule has 4 nitrogen and oxygen atoms in total. The van der Waals surface area contributed by atoms with E-state index in [2.05, 4.69) is 15.6 Å². The first-order valence-electron chi connectivity index (χ1n) is 7.29. The lowest BCUT2D eigenvalue weighted by Crippen LogP contribution is -2.48. The standard InChI is InChI=1S/C16H22N2O2/c1-18-13-8-4-3-7-12(13)17-15(18)11-16(19)10-6-5-9-14(16)20-2/h3-4,7-8,14,19H,5-6,9-11H2,1-2H3. The highest BCUT2D eigenvalue weighted by molar-refractivity contribution is 5.75. The Kier molecular flexibility index (Phi) is 3.52. The Labute approximate surface area is 119 Å². The van der Waals surface area contributed by atoms with Gasteiger partial charge in [0.1, 0.15) is 5.82 Å². The van der Waals surface area contributed by atoms with Gasteiger partial charge in [-0.15, -0.1) is 0 Å². The van der Waals surface area contributed by atoms with Crippen molar-refractivity contribution in [1.82, 2.24) is 9.55 Å². The van der Waals surface area contributed by atoms with Gasteiger partial charge in [0.15, 0.2) is 0 Å². The molecule has 1 saturated carbocycles. The molecule has 1 aromatic heterocycles. The summed E-state index contributed by atoms with van der Waals surface area (Å²) >= 11 is 0. The first-order valence-corrected chi connectivity index (χ1v) is 7.29. The van der Waals surface area contributed by atoms with Gasteiger partial charge in [0, 0.05) is 20.6 Å². The summed E-state index contributed by atoms with van der Waals surface area (Å²) in [6, 6.07) is 8.08. The number of aromatic nitrogens is 2. The minimum Gasteiger partial charge on any atom is -0.387 e. The zero-order valence-corrected chi connectivity index (χ0v) is 12.2. The Morgan fingerprint density at radius 1 is 1.40 bits per heavy atom. The van der Waals surface area contributed by atoms with E-state index in [1.165, 1.54) is 0 Å². The third-order valence-electron chi connectivity index (χ3n) is 4.55. The molecule has 0 saturated heterocycles. The number of imidazole rings is 1. The number of rotatable bonds is 3. The molecule has 108 valence electrons. The molecule has 1 N–H and O–H groups in total. The average molecular weight is 274 g/mol. The van der Waals surface area contributed by atoms with Gasteiger partial charge >= 0.3 is 0 Å². The van der Waals surface area contributed by atoms with E-state index < -0.39 is 5.60 Å². The highest BCUT2D eigenvalue weighted by Crippen LogP contribution is 2.33. The maximum atomic E-state index is 11.0. The molecule has 1 fully saturated rings. The molecule has 0 bridgehead atoms. The van der Waals surface area contributed by atoms with Crippen molar-refractivity contribution < 1.29 is 9.84 Å². The number of fused-ring (bicyclic) bond motifs is 1. The van der Waals surface area contributed by atoms with Crippen LogP contribution in [-0.4, -0.2) is 33.5 Å². The van der Waals surface area contributed by atoms with Crippen molar-refractivity contribution in [3.05, 3.63) is 30.1 Å².